The number of hydrogen-bond donors (Lipinski definition) is 0. The SMILES string of the molecule is CCN1c2cc3c(cc2C(C)=CC1(C)C)C(c1ccccc1C(=O)OCC(C)C)=c1cc2c(cc1O3)=[N+](CC)C(C)(C)C=C2C. The molecule has 0 saturated heterocycles. The van der Waals surface area contributed by atoms with Crippen molar-refractivity contribution in [3.8, 4) is 11.5 Å². The van der Waals surface area contributed by atoms with Crippen molar-refractivity contribution in [2.24, 2.45) is 5.92 Å². The van der Waals surface area contributed by atoms with Crippen molar-refractivity contribution >= 4 is 28.4 Å². The van der Waals surface area contributed by atoms with E-state index >= 15 is 0 Å². The smallest absolute Gasteiger partial charge is 0.338 e. The number of rotatable bonds is 6. The van der Waals surface area contributed by atoms with E-state index < -0.39 is 0 Å². The molecular weight excluding hydrogens is 556 g/mol. The highest BCUT2D eigenvalue weighted by Crippen LogP contribution is 2.46. The highest BCUT2D eigenvalue weighted by Gasteiger charge is 2.36. The van der Waals surface area contributed by atoms with Gasteiger partial charge in [-0.15, -0.1) is 0 Å². The van der Waals surface area contributed by atoms with Crippen molar-refractivity contribution in [2.45, 2.75) is 80.3 Å². The van der Waals surface area contributed by atoms with Gasteiger partial charge in [0.25, 0.3) is 0 Å². The Kier molecular flexibility index (Phi) is 7.58. The van der Waals surface area contributed by atoms with Gasteiger partial charge in [0.1, 0.15) is 18.0 Å². The molecular formula is C40H47N2O3+. The molecule has 45 heavy (non-hydrogen) atoms. The molecule has 0 aromatic heterocycles. The zero-order valence-electron chi connectivity index (χ0n) is 28.6. The first-order valence-corrected chi connectivity index (χ1v) is 16.4. The van der Waals surface area contributed by atoms with Crippen LogP contribution in [0.25, 0.3) is 16.7 Å². The second kappa shape index (κ2) is 11.0. The van der Waals surface area contributed by atoms with E-state index in [1.165, 1.54) is 33.3 Å². The van der Waals surface area contributed by atoms with Crippen molar-refractivity contribution in [1.29, 1.82) is 0 Å². The van der Waals surface area contributed by atoms with Gasteiger partial charge in [-0.05, 0) is 88.4 Å². The summed E-state index contributed by atoms with van der Waals surface area (Å²) in [7, 11) is 0. The summed E-state index contributed by atoms with van der Waals surface area (Å²) in [6.45, 7) is 24.1. The second-order valence-electron chi connectivity index (χ2n) is 14.2. The molecule has 0 N–H and O–H groups in total. The third kappa shape index (κ3) is 5.10. The predicted octanol–water partition coefficient (Wildman–Crippen LogP) is 7.58. The van der Waals surface area contributed by atoms with Gasteiger partial charge in [-0.3, -0.25) is 0 Å². The van der Waals surface area contributed by atoms with Gasteiger partial charge in [0.05, 0.1) is 23.8 Å². The van der Waals surface area contributed by atoms with E-state index in [2.05, 4.69) is 115 Å². The van der Waals surface area contributed by atoms with E-state index in [1.54, 1.807) is 0 Å². The van der Waals surface area contributed by atoms with Gasteiger partial charge in [0.15, 0.2) is 5.54 Å². The number of nitrogens with zero attached hydrogens (tertiary/aromatic N) is 2. The maximum absolute atomic E-state index is 13.6. The number of benzene rings is 3. The van der Waals surface area contributed by atoms with Gasteiger partial charge in [0.2, 0.25) is 5.36 Å². The standard InChI is InChI=1S/C40H47N2O3/c1-11-41-33-19-35-31(17-29(33)25(5)21-39(41,7)8)37(27-15-13-14-16-28(27)38(43)44-23-24(3)4)32-18-30-26(6)22-40(9,10)42(12-2)34(30)20-36(32)45-35/h13-22,24H,11-12,23H2,1-10H3/q+1. The first-order chi connectivity index (χ1) is 21.3. The number of fused-ring (bicyclic) bond motifs is 4. The molecule has 0 amide bonds. The zero-order chi connectivity index (χ0) is 32.4. The fourth-order valence-electron chi connectivity index (χ4n) is 7.68. The Hall–Kier alpha value is -4.12. The van der Waals surface area contributed by atoms with E-state index in [1.807, 2.05) is 24.3 Å². The normalized spacial score (nSPS) is 17.4. The summed E-state index contributed by atoms with van der Waals surface area (Å²) in [4.78, 5) is 16.1. The minimum atomic E-state index is -0.303. The van der Waals surface area contributed by atoms with Crippen molar-refractivity contribution in [3.63, 3.8) is 0 Å². The van der Waals surface area contributed by atoms with Crippen molar-refractivity contribution in [1.82, 2.24) is 4.58 Å². The molecule has 0 spiro atoms. The number of likely N-dealkylation sites (N-methyl/N-ethyl adjacent to an activating group) is 2. The van der Waals surface area contributed by atoms with Crippen LogP contribution in [0.2, 0.25) is 0 Å². The molecule has 5 nitrogen and oxygen atoms in total. The Morgan fingerprint density at radius 3 is 2.29 bits per heavy atom. The van der Waals surface area contributed by atoms with E-state index in [9.17, 15) is 4.79 Å². The van der Waals surface area contributed by atoms with Crippen LogP contribution >= 0.6 is 0 Å². The van der Waals surface area contributed by atoms with Gasteiger partial charge in [-0.1, -0.05) is 38.1 Å². The van der Waals surface area contributed by atoms with Crippen molar-refractivity contribution < 1.29 is 14.3 Å². The number of allylic oxidation sites excluding steroid dienone is 2. The minimum Gasteiger partial charge on any atom is -0.462 e. The van der Waals surface area contributed by atoms with Crippen LogP contribution in [0.15, 0.2) is 60.7 Å². The predicted molar refractivity (Wildman–Crippen MR) is 186 cm³/mol. The van der Waals surface area contributed by atoms with Crippen LogP contribution in [-0.4, -0.2) is 36.7 Å². The fraction of sp³-hybridized carbons (Fsp3) is 0.400. The molecule has 0 saturated carbocycles. The topological polar surface area (TPSA) is 41.8 Å². The molecule has 6 rings (SSSR count). The summed E-state index contributed by atoms with van der Waals surface area (Å²) in [5, 5.41) is 2.15. The molecule has 3 aromatic rings. The van der Waals surface area contributed by atoms with Crippen LogP contribution in [-0.2, 0) is 4.74 Å². The highest BCUT2D eigenvalue weighted by atomic mass is 16.5. The molecule has 5 heteroatoms. The number of carbonyl (C=O) groups excluding carboxylic acids is 1. The van der Waals surface area contributed by atoms with Crippen molar-refractivity contribution in [3.05, 3.63) is 99.1 Å². The molecule has 3 aromatic carbocycles. The summed E-state index contributed by atoms with van der Waals surface area (Å²) < 4.78 is 15.1. The summed E-state index contributed by atoms with van der Waals surface area (Å²) in [6.07, 6.45) is 4.71. The Bertz CT molecular complexity index is 1920. The molecule has 3 aliphatic heterocycles. The Morgan fingerprint density at radius 2 is 1.60 bits per heavy atom. The molecule has 234 valence electrons. The first-order valence-electron chi connectivity index (χ1n) is 16.4. The lowest BCUT2D eigenvalue weighted by Crippen LogP contribution is -2.49. The summed E-state index contributed by atoms with van der Waals surface area (Å²) in [6, 6.07) is 16.8. The monoisotopic (exact) mass is 603 g/mol. The lowest BCUT2D eigenvalue weighted by molar-refractivity contribution is 0.0458. The maximum Gasteiger partial charge on any atom is 0.338 e. The fourth-order valence-corrected chi connectivity index (χ4v) is 7.68. The van der Waals surface area contributed by atoms with Crippen LogP contribution in [0, 0.1) is 5.92 Å². The minimum absolute atomic E-state index is 0.123. The van der Waals surface area contributed by atoms with Crippen LogP contribution in [0.1, 0.15) is 102 Å². The summed E-state index contributed by atoms with van der Waals surface area (Å²) >= 11 is 0. The van der Waals surface area contributed by atoms with Gasteiger partial charge < -0.3 is 14.4 Å². The number of hydrogen-bond acceptors (Lipinski definition) is 4. The lowest BCUT2D eigenvalue weighted by atomic mass is 9.83. The number of anilines is 1. The molecule has 0 unspecified atom stereocenters. The molecule has 3 aliphatic rings. The van der Waals surface area contributed by atoms with Crippen LogP contribution in [0.5, 0.6) is 11.5 Å². The van der Waals surface area contributed by atoms with E-state index in [4.69, 9.17) is 9.47 Å². The quantitative estimate of drug-likeness (QED) is 0.168. The maximum atomic E-state index is 13.6. The third-order valence-electron chi connectivity index (χ3n) is 9.51. The van der Waals surface area contributed by atoms with Gasteiger partial charge in [-0.25, -0.2) is 9.37 Å². The first kappa shape index (κ1) is 30.9. The average molecular weight is 604 g/mol. The van der Waals surface area contributed by atoms with Gasteiger partial charge >= 0.3 is 5.97 Å². The molecule has 0 bridgehead atoms. The van der Waals surface area contributed by atoms with E-state index in [-0.39, 0.29) is 23.0 Å². The Morgan fingerprint density at radius 1 is 0.889 bits per heavy atom. The van der Waals surface area contributed by atoms with E-state index in [0.717, 1.165) is 46.5 Å². The van der Waals surface area contributed by atoms with Gasteiger partial charge in [0, 0.05) is 59.6 Å². The van der Waals surface area contributed by atoms with Gasteiger partial charge in [-0.2, -0.15) is 0 Å². The number of esters is 1. The molecule has 0 aliphatic carbocycles. The molecule has 0 radical (unpaired) electrons. The Balaban J connectivity index is 1.72. The van der Waals surface area contributed by atoms with Crippen LogP contribution in [0.3, 0.4) is 0 Å². The summed E-state index contributed by atoms with van der Waals surface area (Å²) in [5.41, 5.74) is 9.17. The van der Waals surface area contributed by atoms with E-state index in [0.29, 0.717) is 12.2 Å². The van der Waals surface area contributed by atoms with Crippen molar-refractivity contribution in [2.75, 3.05) is 24.6 Å². The highest BCUT2D eigenvalue weighted by molar-refractivity contribution is 6.00. The largest absolute Gasteiger partial charge is 0.462 e. The third-order valence-corrected chi connectivity index (χ3v) is 9.51. The number of ether oxygens (including phenoxy) is 2. The Labute approximate surface area is 268 Å². The summed E-state index contributed by atoms with van der Waals surface area (Å²) in [5.74, 6) is 1.55. The zero-order valence-corrected chi connectivity index (χ0v) is 28.6. The lowest BCUT2D eigenvalue weighted by Gasteiger charge is -2.43. The average Bonchev–Trinajstić information content (AvgIpc) is 2.97. The molecule has 3 heterocycles. The molecule has 0 fully saturated rings. The molecule has 0 atom stereocenters. The second-order valence-corrected chi connectivity index (χ2v) is 14.2. The van der Waals surface area contributed by atoms with Crippen LogP contribution < -0.4 is 24.8 Å². The number of carbonyl (C=O) groups is 1. The van der Waals surface area contributed by atoms with Crippen LogP contribution in [0.4, 0.5) is 5.69 Å².